The molecule has 1 aliphatic rings. The predicted octanol–water partition coefficient (Wildman–Crippen LogP) is 0.768. The fourth-order valence-electron chi connectivity index (χ4n) is 2.50. The number of nitrogens with two attached hydrogens (primary N) is 1. The van der Waals surface area contributed by atoms with Crippen LogP contribution in [0.15, 0.2) is 30.3 Å². The largest absolute Gasteiger partial charge is 0.340 e. The summed E-state index contributed by atoms with van der Waals surface area (Å²) >= 11 is 0. The van der Waals surface area contributed by atoms with Crippen molar-refractivity contribution in [3.63, 3.8) is 0 Å². The second-order valence-corrected chi connectivity index (χ2v) is 5.07. The van der Waals surface area contributed by atoms with Crippen LogP contribution in [0, 0.1) is 0 Å². The summed E-state index contributed by atoms with van der Waals surface area (Å²) < 4.78 is 0. The molecular weight excluding hydrogens is 238 g/mol. The zero-order valence-corrected chi connectivity index (χ0v) is 11.3. The molecule has 1 aromatic rings. The highest BCUT2D eigenvalue weighted by molar-refractivity contribution is 5.76. The molecule has 4 nitrogen and oxygen atoms in total. The SMILES string of the molecule is NCCCC(=O)N1CCNC(Cc2ccccc2)C1. The first-order valence-corrected chi connectivity index (χ1v) is 7.04. The molecule has 0 radical (unpaired) electrons. The van der Waals surface area contributed by atoms with Crippen LogP contribution in [0.3, 0.4) is 0 Å². The van der Waals surface area contributed by atoms with E-state index in [-0.39, 0.29) is 5.91 Å². The van der Waals surface area contributed by atoms with Crippen LogP contribution in [0.4, 0.5) is 0 Å². The van der Waals surface area contributed by atoms with Crippen LogP contribution in [-0.2, 0) is 11.2 Å². The van der Waals surface area contributed by atoms with E-state index in [0.29, 0.717) is 19.0 Å². The molecule has 1 unspecified atom stereocenters. The zero-order chi connectivity index (χ0) is 13.5. The molecule has 0 saturated carbocycles. The molecule has 4 heteroatoms. The number of benzene rings is 1. The molecule has 1 heterocycles. The molecule has 104 valence electrons. The smallest absolute Gasteiger partial charge is 0.222 e. The first-order chi connectivity index (χ1) is 9.29. The molecule has 0 bridgehead atoms. The number of carbonyl (C=O) groups excluding carboxylic acids is 1. The molecule has 1 saturated heterocycles. The topological polar surface area (TPSA) is 58.4 Å². The van der Waals surface area contributed by atoms with Gasteiger partial charge in [0.2, 0.25) is 5.91 Å². The lowest BCUT2D eigenvalue weighted by molar-refractivity contribution is -0.132. The molecule has 0 aliphatic carbocycles. The third-order valence-electron chi connectivity index (χ3n) is 3.53. The maximum atomic E-state index is 12.0. The maximum absolute atomic E-state index is 12.0. The average Bonchev–Trinajstić information content (AvgIpc) is 2.46. The van der Waals surface area contributed by atoms with Gasteiger partial charge in [-0.25, -0.2) is 0 Å². The first-order valence-electron chi connectivity index (χ1n) is 7.04. The summed E-state index contributed by atoms with van der Waals surface area (Å²) in [5.74, 6) is 0.241. The van der Waals surface area contributed by atoms with Crippen molar-refractivity contribution in [2.75, 3.05) is 26.2 Å². The lowest BCUT2D eigenvalue weighted by Crippen LogP contribution is -2.53. The summed E-state index contributed by atoms with van der Waals surface area (Å²) in [4.78, 5) is 14.0. The van der Waals surface area contributed by atoms with Gasteiger partial charge >= 0.3 is 0 Å². The molecule has 1 fully saturated rings. The van der Waals surface area contributed by atoms with E-state index in [9.17, 15) is 4.79 Å². The van der Waals surface area contributed by atoms with Gasteiger partial charge in [-0.2, -0.15) is 0 Å². The molecular formula is C15H23N3O. The summed E-state index contributed by atoms with van der Waals surface area (Å²) in [5.41, 5.74) is 6.77. The second kappa shape index (κ2) is 7.26. The summed E-state index contributed by atoms with van der Waals surface area (Å²) in [6.07, 6.45) is 2.34. The van der Waals surface area contributed by atoms with E-state index in [0.717, 1.165) is 32.5 Å². The molecule has 3 N–H and O–H groups in total. The Morgan fingerprint density at radius 1 is 1.37 bits per heavy atom. The molecule has 0 aromatic heterocycles. The van der Waals surface area contributed by atoms with Crippen molar-refractivity contribution < 1.29 is 4.79 Å². The Morgan fingerprint density at radius 2 is 2.16 bits per heavy atom. The van der Waals surface area contributed by atoms with Crippen LogP contribution in [0.1, 0.15) is 18.4 Å². The Hall–Kier alpha value is -1.39. The van der Waals surface area contributed by atoms with E-state index < -0.39 is 0 Å². The Bertz CT molecular complexity index is 394. The van der Waals surface area contributed by atoms with Crippen LogP contribution in [0.2, 0.25) is 0 Å². The van der Waals surface area contributed by atoms with Gasteiger partial charge in [0, 0.05) is 32.1 Å². The molecule has 1 atom stereocenters. The van der Waals surface area contributed by atoms with Crippen molar-refractivity contribution in [2.45, 2.75) is 25.3 Å². The van der Waals surface area contributed by atoms with E-state index in [4.69, 9.17) is 5.73 Å². The number of nitrogens with zero attached hydrogens (tertiary/aromatic N) is 1. The Balaban J connectivity index is 1.85. The monoisotopic (exact) mass is 261 g/mol. The van der Waals surface area contributed by atoms with Crippen molar-refractivity contribution in [3.8, 4) is 0 Å². The Kier molecular flexibility index (Phi) is 5.36. The van der Waals surface area contributed by atoms with Crippen LogP contribution in [-0.4, -0.2) is 43.0 Å². The summed E-state index contributed by atoms with van der Waals surface area (Å²) in [6.45, 7) is 3.09. The standard InChI is InChI=1S/C15H23N3O/c16-8-4-7-15(19)18-10-9-17-14(12-18)11-13-5-2-1-3-6-13/h1-3,5-6,14,17H,4,7-12,16H2. The van der Waals surface area contributed by atoms with Crippen LogP contribution < -0.4 is 11.1 Å². The van der Waals surface area contributed by atoms with Crippen molar-refractivity contribution in [2.24, 2.45) is 5.73 Å². The normalized spacial score (nSPS) is 19.4. The minimum atomic E-state index is 0.241. The number of piperazine rings is 1. The van der Waals surface area contributed by atoms with Gasteiger partial charge in [-0.3, -0.25) is 4.79 Å². The number of carbonyl (C=O) groups is 1. The van der Waals surface area contributed by atoms with Crippen LogP contribution in [0.5, 0.6) is 0 Å². The minimum Gasteiger partial charge on any atom is -0.340 e. The fourth-order valence-corrected chi connectivity index (χ4v) is 2.50. The van der Waals surface area contributed by atoms with Gasteiger partial charge in [0.1, 0.15) is 0 Å². The lowest BCUT2D eigenvalue weighted by atomic mass is 10.0. The number of amides is 1. The van der Waals surface area contributed by atoms with Gasteiger partial charge < -0.3 is 16.0 Å². The van der Waals surface area contributed by atoms with Gasteiger partial charge in [-0.15, -0.1) is 0 Å². The average molecular weight is 261 g/mol. The summed E-state index contributed by atoms with van der Waals surface area (Å²) in [7, 11) is 0. The van der Waals surface area contributed by atoms with Crippen molar-refractivity contribution in [1.82, 2.24) is 10.2 Å². The van der Waals surface area contributed by atoms with Gasteiger partial charge in [0.25, 0.3) is 0 Å². The van der Waals surface area contributed by atoms with E-state index >= 15 is 0 Å². The number of rotatable bonds is 5. The van der Waals surface area contributed by atoms with E-state index in [2.05, 4.69) is 29.6 Å². The number of nitrogens with one attached hydrogen (secondary N) is 1. The number of hydrogen-bond donors (Lipinski definition) is 2. The highest BCUT2D eigenvalue weighted by atomic mass is 16.2. The molecule has 1 aliphatic heterocycles. The molecule has 1 aromatic carbocycles. The maximum Gasteiger partial charge on any atom is 0.222 e. The van der Waals surface area contributed by atoms with Crippen LogP contribution in [0.25, 0.3) is 0 Å². The van der Waals surface area contributed by atoms with Gasteiger partial charge in [-0.05, 0) is 24.9 Å². The van der Waals surface area contributed by atoms with Gasteiger partial charge in [-0.1, -0.05) is 30.3 Å². The molecule has 19 heavy (non-hydrogen) atoms. The van der Waals surface area contributed by atoms with E-state index in [1.807, 2.05) is 11.0 Å². The van der Waals surface area contributed by atoms with Crippen molar-refractivity contribution >= 4 is 5.91 Å². The fraction of sp³-hybridized carbons (Fsp3) is 0.533. The van der Waals surface area contributed by atoms with E-state index in [1.54, 1.807) is 0 Å². The Morgan fingerprint density at radius 3 is 2.89 bits per heavy atom. The molecule has 2 rings (SSSR count). The Labute approximate surface area is 115 Å². The third-order valence-corrected chi connectivity index (χ3v) is 3.53. The highest BCUT2D eigenvalue weighted by Gasteiger charge is 2.22. The zero-order valence-electron chi connectivity index (χ0n) is 11.3. The van der Waals surface area contributed by atoms with Crippen molar-refractivity contribution in [1.29, 1.82) is 0 Å². The first kappa shape index (κ1) is 14.0. The van der Waals surface area contributed by atoms with Gasteiger partial charge in [0.15, 0.2) is 0 Å². The molecule has 0 spiro atoms. The quantitative estimate of drug-likeness (QED) is 0.823. The summed E-state index contributed by atoms with van der Waals surface area (Å²) in [6, 6.07) is 10.8. The van der Waals surface area contributed by atoms with Crippen LogP contribution >= 0.6 is 0 Å². The minimum absolute atomic E-state index is 0.241. The predicted molar refractivity (Wildman–Crippen MR) is 76.8 cm³/mol. The van der Waals surface area contributed by atoms with Gasteiger partial charge in [0.05, 0.1) is 0 Å². The third kappa shape index (κ3) is 4.33. The molecule has 1 amide bonds. The lowest BCUT2D eigenvalue weighted by Gasteiger charge is -2.34. The van der Waals surface area contributed by atoms with E-state index in [1.165, 1.54) is 5.56 Å². The second-order valence-electron chi connectivity index (χ2n) is 5.07. The highest BCUT2D eigenvalue weighted by Crippen LogP contribution is 2.09. The number of hydrogen-bond acceptors (Lipinski definition) is 3. The van der Waals surface area contributed by atoms with Crippen molar-refractivity contribution in [3.05, 3.63) is 35.9 Å². The summed E-state index contributed by atoms with van der Waals surface area (Å²) in [5, 5.41) is 3.49.